The molecule has 6 nitrogen and oxygen atoms in total. The van der Waals surface area contributed by atoms with Crippen LogP contribution in [0.5, 0.6) is 0 Å². The summed E-state index contributed by atoms with van der Waals surface area (Å²) in [6.07, 6.45) is 0.275. The number of aliphatic hydroxyl groups excluding tert-OH is 3. The second kappa shape index (κ2) is 6.83. The number of aryl methyl sites for hydroxylation is 1. The van der Waals surface area contributed by atoms with Crippen LogP contribution in [0.1, 0.15) is 29.8 Å². The first-order valence-corrected chi connectivity index (χ1v) is 9.03. The molecule has 1 saturated carbocycles. The van der Waals surface area contributed by atoms with Crippen molar-refractivity contribution in [2.75, 3.05) is 0 Å². The van der Waals surface area contributed by atoms with E-state index in [4.69, 9.17) is 11.6 Å². The molecular formula is C19H19ClFN3O3. The van der Waals surface area contributed by atoms with Gasteiger partial charge in [-0.15, -0.1) is 0 Å². The highest BCUT2D eigenvalue weighted by atomic mass is 35.5. The van der Waals surface area contributed by atoms with Crippen LogP contribution in [0.25, 0.3) is 11.0 Å². The van der Waals surface area contributed by atoms with Crippen molar-refractivity contribution in [3.05, 3.63) is 58.9 Å². The van der Waals surface area contributed by atoms with E-state index in [2.05, 4.69) is 9.97 Å². The molecule has 1 aliphatic rings. The SMILES string of the molecule is Cc1ncnc2c1ccn2[C@@H]1C[C@H]([C@@H](O)c2ccc(F)c(Cl)c2)[C@@H](O)[C@H]1O. The molecule has 0 radical (unpaired) electrons. The van der Waals surface area contributed by atoms with E-state index in [0.717, 1.165) is 11.1 Å². The Morgan fingerprint density at radius 2 is 2.00 bits per heavy atom. The highest BCUT2D eigenvalue weighted by Gasteiger charge is 2.46. The molecule has 0 amide bonds. The van der Waals surface area contributed by atoms with E-state index in [0.29, 0.717) is 17.6 Å². The molecule has 1 aromatic carbocycles. The fourth-order valence-corrected chi connectivity index (χ4v) is 4.13. The third-order valence-corrected chi connectivity index (χ3v) is 5.74. The lowest BCUT2D eigenvalue weighted by Crippen LogP contribution is -2.31. The Labute approximate surface area is 159 Å². The zero-order chi connectivity index (χ0) is 19.3. The summed E-state index contributed by atoms with van der Waals surface area (Å²) in [5, 5.41) is 32.6. The molecule has 0 saturated heterocycles. The fourth-order valence-electron chi connectivity index (χ4n) is 3.94. The summed E-state index contributed by atoms with van der Waals surface area (Å²) < 4.78 is 15.2. The third kappa shape index (κ3) is 3.00. The van der Waals surface area contributed by atoms with E-state index < -0.39 is 36.1 Å². The Balaban J connectivity index is 1.66. The van der Waals surface area contributed by atoms with Crippen LogP contribution in [0.15, 0.2) is 36.8 Å². The van der Waals surface area contributed by atoms with Crippen LogP contribution in [-0.2, 0) is 0 Å². The average Bonchev–Trinajstić information content (AvgIpc) is 3.20. The van der Waals surface area contributed by atoms with Crippen LogP contribution < -0.4 is 0 Å². The molecule has 27 heavy (non-hydrogen) atoms. The minimum Gasteiger partial charge on any atom is -0.390 e. The Morgan fingerprint density at radius 1 is 1.22 bits per heavy atom. The van der Waals surface area contributed by atoms with E-state index in [1.54, 1.807) is 6.20 Å². The van der Waals surface area contributed by atoms with Crippen molar-refractivity contribution in [3.8, 4) is 0 Å². The zero-order valence-corrected chi connectivity index (χ0v) is 15.3. The summed E-state index contributed by atoms with van der Waals surface area (Å²) in [5.41, 5.74) is 1.89. The second-order valence-corrected chi connectivity index (χ2v) is 7.39. The Bertz CT molecular complexity index is 995. The van der Waals surface area contributed by atoms with Gasteiger partial charge >= 0.3 is 0 Å². The second-order valence-electron chi connectivity index (χ2n) is 6.99. The zero-order valence-electron chi connectivity index (χ0n) is 14.5. The molecule has 1 fully saturated rings. The van der Waals surface area contributed by atoms with Crippen molar-refractivity contribution >= 4 is 22.6 Å². The van der Waals surface area contributed by atoms with E-state index in [9.17, 15) is 19.7 Å². The molecule has 8 heteroatoms. The van der Waals surface area contributed by atoms with E-state index in [-0.39, 0.29) is 5.02 Å². The maximum Gasteiger partial charge on any atom is 0.143 e. The summed E-state index contributed by atoms with van der Waals surface area (Å²) in [6, 6.07) is 5.36. The van der Waals surface area contributed by atoms with Crippen LogP contribution in [0, 0.1) is 18.7 Å². The predicted octanol–water partition coefficient (Wildman–Crippen LogP) is 2.55. The molecule has 3 N–H and O–H groups in total. The molecule has 0 unspecified atom stereocenters. The predicted molar refractivity (Wildman–Crippen MR) is 97.8 cm³/mol. The van der Waals surface area contributed by atoms with Gasteiger partial charge in [0.2, 0.25) is 0 Å². The van der Waals surface area contributed by atoms with E-state index >= 15 is 0 Å². The van der Waals surface area contributed by atoms with E-state index in [1.165, 1.54) is 24.5 Å². The van der Waals surface area contributed by atoms with Gasteiger partial charge in [-0.3, -0.25) is 0 Å². The van der Waals surface area contributed by atoms with Gasteiger partial charge in [0.1, 0.15) is 23.9 Å². The first-order valence-electron chi connectivity index (χ1n) is 8.65. The number of hydrogen-bond donors (Lipinski definition) is 3. The van der Waals surface area contributed by atoms with Crippen LogP contribution >= 0.6 is 11.6 Å². The van der Waals surface area contributed by atoms with Crippen LogP contribution in [-0.4, -0.2) is 42.1 Å². The summed E-state index contributed by atoms with van der Waals surface area (Å²) in [6.45, 7) is 1.87. The summed E-state index contributed by atoms with van der Waals surface area (Å²) in [7, 11) is 0. The third-order valence-electron chi connectivity index (χ3n) is 5.45. The van der Waals surface area contributed by atoms with Gasteiger partial charge in [0, 0.05) is 17.5 Å². The van der Waals surface area contributed by atoms with Gasteiger partial charge in [0.15, 0.2) is 0 Å². The molecule has 1 aliphatic carbocycles. The van der Waals surface area contributed by atoms with Gasteiger partial charge in [0.05, 0.1) is 29.0 Å². The van der Waals surface area contributed by atoms with Crippen molar-refractivity contribution in [2.24, 2.45) is 5.92 Å². The van der Waals surface area contributed by atoms with Gasteiger partial charge < -0.3 is 19.9 Å². The van der Waals surface area contributed by atoms with Crippen LogP contribution in [0.4, 0.5) is 4.39 Å². The summed E-state index contributed by atoms with van der Waals surface area (Å²) in [5.74, 6) is -1.21. The number of nitrogens with zero attached hydrogens (tertiary/aromatic N) is 3. The van der Waals surface area contributed by atoms with Crippen LogP contribution in [0.2, 0.25) is 5.02 Å². The average molecular weight is 392 g/mol. The maximum absolute atomic E-state index is 13.4. The molecule has 2 heterocycles. The topological polar surface area (TPSA) is 91.4 Å². The number of rotatable bonds is 3. The lowest BCUT2D eigenvalue weighted by molar-refractivity contribution is -0.0264. The highest BCUT2D eigenvalue weighted by Crippen LogP contribution is 2.43. The van der Waals surface area contributed by atoms with Crippen molar-refractivity contribution in [3.63, 3.8) is 0 Å². The van der Waals surface area contributed by atoms with Crippen molar-refractivity contribution in [2.45, 2.75) is 37.7 Å². The Morgan fingerprint density at radius 3 is 2.74 bits per heavy atom. The maximum atomic E-state index is 13.4. The van der Waals surface area contributed by atoms with Crippen LogP contribution in [0.3, 0.4) is 0 Å². The number of fused-ring (bicyclic) bond motifs is 1. The molecule has 142 valence electrons. The highest BCUT2D eigenvalue weighted by molar-refractivity contribution is 6.30. The largest absolute Gasteiger partial charge is 0.390 e. The standard InChI is InChI=1S/C19H19ClFN3O3/c1-9-11-4-5-24(19(11)23-8-22-9)15-7-12(17(26)18(15)27)16(25)10-2-3-14(21)13(20)6-10/h2-6,8,12,15-18,25-27H,7H2,1H3/t12-,15-,16+,17-,18+/m1/s1. The van der Waals surface area contributed by atoms with Gasteiger partial charge in [-0.25, -0.2) is 14.4 Å². The molecule has 2 aromatic heterocycles. The quantitative estimate of drug-likeness (QED) is 0.638. The number of aromatic nitrogens is 3. The summed E-state index contributed by atoms with van der Waals surface area (Å²) >= 11 is 5.80. The smallest absolute Gasteiger partial charge is 0.143 e. The van der Waals surface area contributed by atoms with Crippen molar-refractivity contribution in [1.82, 2.24) is 14.5 Å². The Kier molecular flexibility index (Phi) is 4.63. The minimum absolute atomic E-state index is 0.0975. The monoisotopic (exact) mass is 391 g/mol. The van der Waals surface area contributed by atoms with Gasteiger partial charge in [-0.05, 0) is 37.1 Å². The van der Waals surface area contributed by atoms with Crippen molar-refractivity contribution < 1.29 is 19.7 Å². The normalized spacial score (nSPS) is 26.6. The van der Waals surface area contributed by atoms with Gasteiger partial charge in [-0.1, -0.05) is 17.7 Å². The van der Waals surface area contributed by atoms with Crippen molar-refractivity contribution in [1.29, 1.82) is 0 Å². The molecule has 0 aliphatic heterocycles. The number of aliphatic hydroxyl groups is 3. The van der Waals surface area contributed by atoms with Gasteiger partial charge in [0.25, 0.3) is 0 Å². The first kappa shape index (κ1) is 18.3. The molecule has 3 aromatic rings. The number of hydrogen-bond acceptors (Lipinski definition) is 5. The number of benzene rings is 1. The minimum atomic E-state index is -1.14. The van der Waals surface area contributed by atoms with E-state index in [1.807, 2.05) is 17.6 Å². The molecule has 4 rings (SSSR count). The summed E-state index contributed by atoms with van der Waals surface area (Å²) in [4.78, 5) is 8.45. The molecular weight excluding hydrogens is 373 g/mol. The lowest BCUT2D eigenvalue weighted by Gasteiger charge is -2.22. The fraction of sp³-hybridized carbons (Fsp3) is 0.368. The molecule has 0 bridgehead atoms. The molecule has 0 spiro atoms. The number of halogens is 2. The molecule has 5 atom stereocenters. The first-order chi connectivity index (χ1) is 12.9. The Hall–Kier alpha value is -2.06. The lowest BCUT2D eigenvalue weighted by atomic mass is 9.92. The van der Waals surface area contributed by atoms with Gasteiger partial charge in [-0.2, -0.15) is 0 Å².